The maximum absolute atomic E-state index is 12.5. The quantitative estimate of drug-likeness (QED) is 0.885. The lowest BCUT2D eigenvalue weighted by Crippen LogP contribution is -2.34. The SMILES string of the molecule is CNc1cc(C(=O)N2CCC(C)(O)C2)cc(C(C)C)n1. The second kappa shape index (κ2) is 5.40. The lowest BCUT2D eigenvalue weighted by atomic mass is 10.1. The van der Waals surface area contributed by atoms with E-state index in [1.165, 1.54) is 0 Å². The van der Waals surface area contributed by atoms with Gasteiger partial charge in [0.15, 0.2) is 0 Å². The minimum Gasteiger partial charge on any atom is -0.388 e. The topological polar surface area (TPSA) is 65.5 Å². The van der Waals surface area contributed by atoms with Gasteiger partial charge in [-0.05, 0) is 31.4 Å². The van der Waals surface area contributed by atoms with Crippen LogP contribution in [0.4, 0.5) is 5.82 Å². The van der Waals surface area contributed by atoms with Crippen LogP contribution in [-0.2, 0) is 0 Å². The highest BCUT2D eigenvalue weighted by Crippen LogP contribution is 2.24. The Bertz CT molecular complexity index is 512. The Morgan fingerprint density at radius 2 is 2.20 bits per heavy atom. The molecule has 2 heterocycles. The molecule has 2 N–H and O–H groups in total. The molecule has 0 spiro atoms. The Morgan fingerprint density at radius 1 is 1.50 bits per heavy atom. The second-order valence-corrected chi connectivity index (χ2v) is 6.04. The number of carbonyl (C=O) groups excluding carboxylic acids is 1. The van der Waals surface area contributed by atoms with Gasteiger partial charge in [0, 0.05) is 31.4 Å². The Kier molecular flexibility index (Phi) is 3.99. The van der Waals surface area contributed by atoms with Crippen molar-refractivity contribution in [3.63, 3.8) is 0 Å². The number of aromatic nitrogens is 1. The number of amides is 1. The number of β-amino-alcohol motifs (C(OH)–C–C–N with tert-alkyl or cyclic N) is 1. The van der Waals surface area contributed by atoms with Gasteiger partial charge in [0.05, 0.1) is 5.60 Å². The molecule has 1 amide bonds. The van der Waals surface area contributed by atoms with Gasteiger partial charge in [-0.25, -0.2) is 4.98 Å². The molecule has 1 aromatic heterocycles. The molecule has 1 aliphatic heterocycles. The minimum atomic E-state index is -0.768. The highest BCUT2D eigenvalue weighted by Gasteiger charge is 2.34. The fraction of sp³-hybridized carbons (Fsp3) is 0.600. The molecule has 110 valence electrons. The highest BCUT2D eigenvalue weighted by molar-refractivity contribution is 5.95. The number of pyridine rings is 1. The van der Waals surface area contributed by atoms with Crippen molar-refractivity contribution in [3.8, 4) is 0 Å². The normalized spacial score (nSPS) is 22.4. The van der Waals surface area contributed by atoms with E-state index in [1.54, 1.807) is 24.9 Å². The van der Waals surface area contributed by atoms with Crippen molar-refractivity contribution in [2.75, 3.05) is 25.5 Å². The Hall–Kier alpha value is -1.62. The van der Waals surface area contributed by atoms with Crippen LogP contribution in [0.1, 0.15) is 49.2 Å². The molecule has 0 bridgehead atoms. The van der Waals surface area contributed by atoms with E-state index >= 15 is 0 Å². The molecule has 0 aromatic carbocycles. The van der Waals surface area contributed by atoms with Gasteiger partial charge in [-0.3, -0.25) is 4.79 Å². The zero-order chi connectivity index (χ0) is 14.9. The van der Waals surface area contributed by atoms with Crippen molar-refractivity contribution in [2.24, 2.45) is 0 Å². The maximum atomic E-state index is 12.5. The van der Waals surface area contributed by atoms with E-state index in [9.17, 15) is 9.90 Å². The Labute approximate surface area is 120 Å². The van der Waals surface area contributed by atoms with Crippen LogP contribution < -0.4 is 5.32 Å². The summed E-state index contributed by atoms with van der Waals surface area (Å²) in [6.45, 7) is 6.86. The van der Waals surface area contributed by atoms with Crippen LogP contribution in [0.15, 0.2) is 12.1 Å². The van der Waals surface area contributed by atoms with Crippen molar-refractivity contribution in [1.29, 1.82) is 0 Å². The molecule has 1 saturated heterocycles. The van der Waals surface area contributed by atoms with Gasteiger partial charge in [-0.15, -0.1) is 0 Å². The number of anilines is 1. The van der Waals surface area contributed by atoms with Crippen LogP contribution >= 0.6 is 0 Å². The zero-order valence-corrected chi connectivity index (χ0v) is 12.6. The van der Waals surface area contributed by atoms with Crippen LogP contribution in [0.25, 0.3) is 0 Å². The van der Waals surface area contributed by atoms with E-state index < -0.39 is 5.60 Å². The molecule has 20 heavy (non-hydrogen) atoms. The molecule has 0 aliphatic carbocycles. The summed E-state index contributed by atoms with van der Waals surface area (Å²) in [4.78, 5) is 18.7. The van der Waals surface area contributed by atoms with E-state index in [-0.39, 0.29) is 11.8 Å². The van der Waals surface area contributed by atoms with Crippen molar-refractivity contribution in [2.45, 2.75) is 38.7 Å². The molecule has 0 radical (unpaired) electrons. The van der Waals surface area contributed by atoms with E-state index in [0.717, 1.165) is 5.69 Å². The smallest absolute Gasteiger partial charge is 0.254 e. The molecule has 1 aromatic rings. The van der Waals surface area contributed by atoms with Crippen molar-refractivity contribution >= 4 is 11.7 Å². The van der Waals surface area contributed by atoms with Crippen LogP contribution in [0, 0.1) is 0 Å². The molecule has 1 unspecified atom stereocenters. The summed E-state index contributed by atoms with van der Waals surface area (Å²) in [5.74, 6) is 0.922. The third-order valence-electron chi connectivity index (χ3n) is 3.68. The monoisotopic (exact) mass is 277 g/mol. The minimum absolute atomic E-state index is 0.0384. The van der Waals surface area contributed by atoms with Crippen molar-refractivity contribution in [3.05, 3.63) is 23.4 Å². The van der Waals surface area contributed by atoms with Crippen molar-refractivity contribution < 1.29 is 9.90 Å². The second-order valence-electron chi connectivity index (χ2n) is 6.04. The Balaban J connectivity index is 2.28. The molecule has 1 fully saturated rings. The van der Waals surface area contributed by atoms with Gasteiger partial charge in [0.25, 0.3) is 5.91 Å². The first-order valence-electron chi connectivity index (χ1n) is 7.04. The highest BCUT2D eigenvalue weighted by atomic mass is 16.3. The average molecular weight is 277 g/mol. The summed E-state index contributed by atoms with van der Waals surface area (Å²) >= 11 is 0. The summed E-state index contributed by atoms with van der Waals surface area (Å²) in [6, 6.07) is 3.61. The molecular weight excluding hydrogens is 254 g/mol. The fourth-order valence-electron chi connectivity index (χ4n) is 2.40. The van der Waals surface area contributed by atoms with Gasteiger partial charge >= 0.3 is 0 Å². The third-order valence-corrected chi connectivity index (χ3v) is 3.68. The van der Waals surface area contributed by atoms with Gasteiger partial charge in [-0.2, -0.15) is 0 Å². The molecule has 1 aliphatic rings. The summed E-state index contributed by atoms with van der Waals surface area (Å²) < 4.78 is 0. The molecule has 5 nitrogen and oxygen atoms in total. The Morgan fingerprint density at radius 3 is 2.70 bits per heavy atom. The van der Waals surface area contributed by atoms with Crippen LogP contribution in [0.3, 0.4) is 0 Å². The average Bonchev–Trinajstić information content (AvgIpc) is 2.77. The predicted octanol–water partition coefficient (Wildman–Crippen LogP) is 1.84. The van der Waals surface area contributed by atoms with Crippen LogP contribution in [0.5, 0.6) is 0 Å². The third kappa shape index (κ3) is 3.10. The van der Waals surface area contributed by atoms with E-state index in [1.807, 2.05) is 6.07 Å². The van der Waals surface area contributed by atoms with Crippen LogP contribution in [-0.4, -0.2) is 46.6 Å². The number of rotatable bonds is 3. The first kappa shape index (κ1) is 14.8. The number of nitrogens with zero attached hydrogens (tertiary/aromatic N) is 2. The molecular formula is C15H23N3O2. The number of hydrogen-bond acceptors (Lipinski definition) is 4. The number of likely N-dealkylation sites (tertiary alicyclic amines) is 1. The van der Waals surface area contributed by atoms with Gasteiger partial charge < -0.3 is 15.3 Å². The zero-order valence-electron chi connectivity index (χ0n) is 12.6. The van der Waals surface area contributed by atoms with E-state index in [0.29, 0.717) is 30.9 Å². The molecule has 0 saturated carbocycles. The van der Waals surface area contributed by atoms with E-state index in [2.05, 4.69) is 24.1 Å². The van der Waals surface area contributed by atoms with Gasteiger partial charge in [0.2, 0.25) is 0 Å². The lowest BCUT2D eigenvalue weighted by Gasteiger charge is -2.20. The number of hydrogen-bond donors (Lipinski definition) is 2. The fourth-order valence-corrected chi connectivity index (χ4v) is 2.40. The maximum Gasteiger partial charge on any atom is 0.254 e. The predicted molar refractivity (Wildman–Crippen MR) is 79.0 cm³/mol. The number of nitrogens with one attached hydrogen (secondary N) is 1. The number of aliphatic hydroxyl groups is 1. The molecule has 5 heteroatoms. The first-order valence-corrected chi connectivity index (χ1v) is 7.04. The summed E-state index contributed by atoms with van der Waals surface area (Å²) in [5.41, 5.74) is 0.756. The summed E-state index contributed by atoms with van der Waals surface area (Å²) in [5, 5.41) is 13.0. The van der Waals surface area contributed by atoms with Gasteiger partial charge in [-0.1, -0.05) is 13.8 Å². The number of carbonyl (C=O) groups is 1. The largest absolute Gasteiger partial charge is 0.388 e. The van der Waals surface area contributed by atoms with Gasteiger partial charge in [0.1, 0.15) is 5.82 Å². The first-order chi connectivity index (χ1) is 9.32. The molecule has 1 atom stereocenters. The summed E-state index contributed by atoms with van der Waals surface area (Å²) in [7, 11) is 1.79. The van der Waals surface area contributed by atoms with Crippen molar-refractivity contribution in [1.82, 2.24) is 9.88 Å². The molecule has 2 rings (SSSR count). The summed E-state index contributed by atoms with van der Waals surface area (Å²) in [6.07, 6.45) is 0.625. The lowest BCUT2D eigenvalue weighted by molar-refractivity contribution is 0.0572. The van der Waals surface area contributed by atoms with Crippen LogP contribution in [0.2, 0.25) is 0 Å². The standard InChI is InChI=1S/C15H23N3O2/c1-10(2)12-7-11(8-13(16-4)17-12)14(19)18-6-5-15(3,20)9-18/h7-8,10,20H,5-6,9H2,1-4H3,(H,16,17). The van der Waals surface area contributed by atoms with E-state index in [4.69, 9.17) is 0 Å².